The Morgan fingerprint density at radius 3 is 1.79 bits per heavy atom. The molecule has 0 saturated heterocycles. The van der Waals surface area contributed by atoms with Crippen LogP contribution in [0.2, 0.25) is 0 Å². The summed E-state index contributed by atoms with van der Waals surface area (Å²) in [5.41, 5.74) is 10.2. The monoisotopic (exact) mass is 550 g/mol. The van der Waals surface area contributed by atoms with Gasteiger partial charge in [-0.3, -0.25) is 4.57 Å². The molecule has 0 spiro atoms. The van der Waals surface area contributed by atoms with Gasteiger partial charge in [-0.2, -0.15) is 0 Å². The fourth-order valence-corrected chi connectivity index (χ4v) is 6.88. The second-order valence-corrected chi connectivity index (χ2v) is 11.2. The van der Waals surface area contributed by atoms with Crippen LogP contribution in [0.1, 0.15) is 5.82 Å². The molecule has 0 radical (unpaired) electrons. The Balaban J connectivity index is 1.24. The van der Waals surface area contributed by atoms with Crippen molar-refractivity contribution < 1.29 is 4.74 Å². The van der Waals surface area contributed by atoms with Crippen LogP contribution in [0.4, 0.5) is 0 Å². The van der Waals surface area contributed by atoms with E-state index >= 15 is 0 Å². The van der Waals surface area contributed by atoms with Crippen molar-refractivity contribution in [3.05, 3.63) is 145 Å². The molecule has 0 N–H and O–H groups in total. The van der Waals surface area contributed by atoms with Crippen molar-refractivity contribution in [1.82, 2.24) is 9.55 Å². The Morgan fingerprint density at radius 1 is 0.488 bits per heavy atom. The molecule has 1 aliphatic rings. The van der Waals surface area contributed by atoms with Crippen molar-refractivity contribution in [3.8, 4) is 50.6 Å². The molecule has 0 fully saturated rings. The second kappa shape index (κ2) is 9.17. The molecule has 9 rings (SSSR count). The molecule has 43 heavy (non-hydrogen) atoms. The van der Waals surface area contributed by atoms with Crippen LogP contribution in [-0.2, 0) is 0 Å². The number of nitrogens with zero attached hydrogens (tertiary/aromatic N) is 2. The highest BCUT2D eigenvalue weighted by atomic mass is 16.5. The summed E-state index contributed by atoms with van der Waals surface area (Å²) < 4.78 is 8.65. The predicted octanol–water partition coefficient (Wildman–Crippen LogP) is 10.7. The Kier molecular flexibility index (Phi) is 5.11. The van der Waals surface area contributed by atoms with Crippen LogP contribution in [0.5, 0.6) is 11.5 Å². The Hall–Kier alpha value is -5.67. The number of hydrogen-bond acceptors (Lipinski definition) is 2. The van der Waals surface area contributed by atoms with Gasteiger partial charge in [0.1, 0.15) is 11.3 Å². The van der Waals surface area contributed by atoms with Crippen molar-refractivity contribution in [2.75, 3.05) is 0 Å². The quantitative estimate of drug-likeness (QED) is 0.205. The average Bonchev–Trinajstić information content (AvgIpc) is 3.41. The third kappa shape index (κ3) is 3.58. The van der Waals surface area contributed by atoms with Crippen LogP contribution in [0.25, 0.3) is 71.6 Å². The molecule has 1 aliphatic heterocycles. The van der Waals surface area contributed by atoms with Gasteiger partial charge in [0.2, 0.25) is 0 Å². The third-order valence-corrected chi connectivity index (χ3v) is 8.71. The lowest BCUT2D eigenvalue weighted by molar-refractivity contribution is 0.475. The number of aromatic nitrogens is 2. The molecule has 0 atom stereocenters. The van der Waals surface area contributed by atoms with Crippen LogP contribution in [0.15, 0.2) is 140 Å². The minimum absolute atomic E-state index is 0.840. The first-order chi connectivity index (χ1) is 21.2. The second-order valence-electron chi connectivity index (χ2n) is 11.2. The maximum Gasteiger partial charge on any atom is 0.153 e. The lowest BCUT2D eigenvalue weighted by Crippen LogP contribution is -2.05. The standard InChI is InChI=1S/C40H26N2O/c1-25-41-34-19-10-20-36-40(34)42(25)35-22-21-28(24-37(35)43-36)27-13-9-14-29(23-27)39-32-17-7-5-15-30(32)38(26-11-3-2-4-12-26)31-16-6-8-18-33(31)39/h2-24H,1H3. The molecule has 202 valence electrons. The Morgan fingerprint density at radius 2 is 1.07 bits per heavy atom. The normalized spacial score (nSPS) is 12.0. The summed E-state index contributed by atoms with van der Waals surface area (Å²) in [4.78, 5) is 4.77. The maximum absolute atomic E-state index is 6.45. The van der Waals surface area contributed by atoms with Gasteiger partial charge in [0.15, 0.2) is 11.5 Å². The first kappa shape index (κ1) is 24.0. The van der Waals surface area contributed by atoms with E-state index < -0.39 is 0 Å². The summed E-state index contributed by atoms with van der Waals surface area (Å²) in [6.45, 7) is 2.05. The van der Waals surface area contributed by atoms with E-state index in [9.17, 15) is 0 Å². The van der Waals surface area contributed by atoms with E-state index in [0.717, 1.165) is 45.2 Å². The number of rotatable bonds is 3. The zero-order valence-electron chi connectivity index (χ0n) is 23.6. The van der Waals surface area contributed by atoms with Crippen molar-refractivity contribution in [2.24, 2.45) is 0 Å². The summed E-state index contributed by atoms with van der Waals surface area (Å²) in [6.07, 6.45) is 0. The number of benzene rings is 7. The minimum Gasteiger partial charge on any atom is -0.453 e. The van der Waals surface area contributed by atoms with Gasteiger partial charge in [0.25, 0.3) is 0 Å². The number of ether oxygens (including phenoxy) is 1. The molecule has 3 heteroatoms. The molecular formula is C40H26N2O. The summed E-state index contributed by atoms with van der Waals surface area (Å²) in [5, 5.41) is 5.02. The molecule has 7 aromatic carbocycles. The minimum atomic E-state index is 0.840. The molecule has 2 heterocycles. The van der Waals surface area contributed by atoms with Gasteiger partial charge >= 0.3 is 0 Å². The topological polar surface area (TPSA) is 27.1 Å². The van der Waals surface area contributed by atoms with Crippen molar-refractivity contribution >= 4 is 32.6 Å². The van der Waals surface area contributed by atoms with E-state index in [1.165, 1.54) is 43.8 Å². The zero-order chi connectivity index (χ0) is 28.5. The van der Waals surface area contributed by atoms with Gasteiger partial charge in [-0.15, -0.1) is 0 Å². The molecule has 8 aromatic rings. The highest BCUT2D eigenvalue weighted by Gasteiger charge is 2.23. The summed E-state index contributed by atoms with van der Waals surface area (Å²) >= 11 is 0. The molecule has 0 unspecified atom stereocenters. The molecule has 0 aliphatic carbocycles. The average molecular weight is 551 g/mol. The first-order valence-corrected chi connectivity index (χ1v) is 14.6. The highest BCUT2D eigenvalue weighted by Crippen LogP contribution is 2.45. The molecule has 1 aromatic heterocycles. The Labute approximate surface area is 249 Å². The van der Waals surface area contributed by atoms with E-state index in [-0.39, 0.29) is 0 Å². The van der Waals surface area contributed by atoms with Gasteiger partial charge in [-0.05, 0) is 92.2 Å². The maximum atomic E-state index is 6.45. The van der Waals surface area contributed by atoms with Gasteiger partial charge < -0.3 is 4.74 Å². The van der Waals surface area contributed by atoms with Crippen molar-refractivity contribution in [1.29, 1.82) is 0 Å². The Bertz CT molecular complexity index is 2330. The number of para-hydroxylation sites is 1. The molecule has 0 bridgehead atoms. The molecule has 0 saturated carbocycles. The van der Waals surface area contributed by atoms with Gasteiger partial charge in [-0.25, -0.2) is 4.98 Å². The molecule has 3 nitrogen and oxygen atoms in total. The van der Waals surface area contributed by atoms with E-state index in [0.29, 0.717) is 0 Å². The predicted molar refractivity (Wildman–Crippen MR) is 177 cm³/mol. The molecule has 0 amide bonds. The number of hydrogen-bond donors (Lipinski definition) is 0. The van der Waals surface area contributed by atoms with Gasteiger partial charge in [0, 0.05) is 0 Å². The smallest absolute Gasteiger partial charge is 0.153 e. The lowest BCUT2D eigenvalue weighted by Gasteiger charge is -2.21. The van der Waals surface area contributed by atoms with Gasteiger partial charge in [0.05, 0.1) is 11.2 Å². The fourth-order valence-electron chi connectivity index (χ4n) is 6.88. The number of aryl methyl sites for hydroxylation is 1. The highest BCUT2D eigenvalue weighted by molar-refractivity contribution is 6.21. The number of fused-ring (bicyclic) bond motifs is 4. The van der Waals surface area contributed by atoms with Crippen molar-refractivity contribution in [2.45, 2.75) is 6.92 Å². The van der Waals surface area contributed by atoms with E-state index in [1.807, 2.05) is 25.1 Å². The van der Waals surface area contributed by atoms with Crippen LogP contribution in [-0.4, -0.2) is 9.55 Å². The van der Waals surface area contributed by atoms with Crippen LogP contribution >= 0.6 is 0 Å². The summed E-state index contributed by atoms with van der Waals surface area (Å²) in [5.74, 6) is 2.64. The van der Waals surface area contributed by atoms with E-state index in [1.54, 1.807) is 0 Å². The largest absolute Gasteiger partial charge is 0.453 e. The lowest BCUT2D eigenvalue weighted by atomic mass is 9.85. The summed E-state index contributed by atoms with van der Waals surface area (Å²) in [6, 6.07) is 49.8. The van der Waals surface area contributed by atoms with Crippen molar-refractivity contribution in [3.63, 3.8) is 0 Å². The molecular weight excluding hydrogens is 524 g/mol. The fraction of sp³-hybridized carbons (Fsp3) is 0.0250. The van der Waals surface area contributed by atoms with Crippen LogP contribution in [0.3, 0.4) is 0 Å². The van der Waals surface area contributed by atoms with Gasteiger partial charge in [-0.1, -0.05) is 109 Å². The first-order valence-electron chi connectivity index (χ1n) is 14.6. The van der Waals surface area contributed by atoms with Crippen LogP contribution in [0, 0.1) is 6.92 Å². The van der Waals surface area contributed by atoms with E-state index in [4.69, 9.17) is 9.72 Å². The number of imidazole rings is 1. The van der Waals surface area contributed by atoms with E-state index in [2.05, 4.69) is 126 Å². The SMILES string of the molecule is Cc1nc2cccc3c2n1-c1ccc(-c2cccc(-c4c5ccccc5c(-c5ccccc5)c5ccccc45)c2)cc1O3. The third-order valence-electron chi connectivity index (χ3n) is 8.71. The summed E-state index contributed by atoms with van der Waals surface area (Å²) in [7, 11) is 0. The zero-order valence-corrected chi connectivity index (χ0v) is 23.6. The van der Waals surface area contributed by atoms with Crippen LogP contribution < -0.4 is 4.74 Å².